The maximum atomic E-state index is 14.6. The molecule has 4 rings (SSSR count). The lowest BCUT2D eigenvalue weighted by Crippen LogP contribution is -2.41. The van der Waals surface area contributed by atoms with Gasteiger partial charge in [-0.05, 0) is 31.0 Å². The van der Waals surface area contributed by atoms with Gasteiger partial charge in [0.25, 0.3) is 5.56 Å². The minimum absolute atomic E-state index is 0.00295. The average molecular weight is 465 g/mol. The zero-order valence-corrected chi connectivity index (χ0v) is 17.9. The van der Waals surface area contributed by atoms with Crippen LogP contribution in [0, 0.1) is 5.82 Å². The Morgan fingerprint density at radius 3 is 2.79 bits per heavy atom. The van der Waals surface area contributed by atoms with Crippen LogP contribution in [0.15, 0.2) is 27.5 Å². The Morgan fingerprint density at radius 2 is 2.07 bits per heavy atom. The third-order valence-electron chi connectivity index (χ3n) is 5.49. The van der Waals surface area contributed by atoms with Crippen molar-refractivity contribution in [3.05, 3.63) is 50.2 Å². The van der Waals surface area contributed by atoms with Crippen LogP contribution in [0.25, 0.3) is 0 Å². The molecule has 154 valence electrons. The van der Waals surface area contributed by atoms with Crippen LogP contribution >= 0.6 is 15.9 Å². The second-order valence-electron chi connectivity index (χ2n) is 7.36. The van der Waals surface area contributed by atoms with Crippen LogP contribution in [0.2, 0.25) is 0 Å². The number of morpholine rings is 1. The first-order valence-corrected chi connectivity index (χ1v) is 10.3. The third-order valence-corrected chi connectivity index (χ3v) is 6.24. The lowest BCUT2D eigenvalue weighted by atomic mass is 10.1. The van der Waals surface area contributed by atoms with Crippen molar-refractivity contribution in [3.63, 3.8) is 0 Å². The quantitative estimate of drug-likeness (QED) is 0.695. The van der Waals surface area contributed by atoms with Gasteiger partial charge in [0.2, 0.25) is 11.7 Å². The minimum Gasteiger partial charge on any atom is -0.378 e. The van der Waals surface area contributed by atoms with Gasteiger partial charge in [-0.15, -0.1) is 0 Å². The zero-order chi connectivity index (χ0) is 20.7. The van der Waals surface area contributed by atoms with Crippen molar-refractivity contribution < 1.29 is 13.9 Å². The molecule has 1 saturated heterocycles. The summed E-state index contributed by atoms with van der Waals surface area (Å²) in [6.45, 7) is 3.79. The maximum absolute atomic E-state index is 14.6. The van der Waals surface area contributed by atoms with E-state index >= 15 is 0 Å². The Bertz CT molecular complexity index is 1020. The van der Waals surface area contributed by atoms with Gasteiger partial charge in [-0.25, -0.2) is 4.98 Å². The molecule has 9 heteroatoms. The Labute approximate surface area is 176 Å². The number of rotatable bonds is 3. The van der Waals surface area contributed by atoms with Crippen molar-refractivity contribution >= 4 is 33.3 Å². The number of ether oxygens (including phenoxy) is 1. The van der Waals surface area contributed by atoms with Gasteiger partial charge in [0.05, 0.1) is 19.6 Å². The van der Waals surface area contributed by atoms with E-state index in [1.54, 1.807) is 9.80 Å². The molecule has 29 heavy (non-hydrogen) atoms. The number of aromatic nitrogens is 2. The van der Waals surface area contributed by atoms with E-state index in [4.69, 9.17) is 4.74 Å². The summed E-state index contributed by atoms with van der Waals surface area (Å²) in [5.74, 6) is -0.818. The van der Waals surface area contributed by atoms with E-state index in [0.717, 1.165) is 26.7 Å². The second kappa shape index (κ2) is 7.87. The molecule has 0 N–H and O–H groups in total. The Kier molecular flexibility index (Phi) is 5.44. The highest BCUT2D eigenvalue weighted by Gasteiger charge is 2.33. The van der Waals surface area contributed by atoms with E-state index in [0.29, 0.717) is 26.3 Å². The monoisotopic (exact) mass is 464 g/mol. The number of fused-ring (bicyclic) bond motifs is 1. The van der Waals surface area contributed by atoms with E-state index < -0.39 is 11.4 Å². The van der Waals surface area contributed by atoms with E-state index in [2.05, 4.69) is 20.9 Å². The van der Waals surface area contributed by atoms with Crippen molar-refractivity contribution in [2.24, 2.45) is 7.05 Å². The fraction of sp³-hybridized carbons (Fsp3) is 0.450. The number of anilines is 2. The molecule has 0 aliphatic carbocycles. The summed E-state index contributed by atoms with van der Waals surface area (Å²) in [7, 11) is 1.45. The van der Waals surface area contributed by atoms with Gasteiger partial charge in [0, 0.05) is 36.3 Å². The summed E-state index contributed by atoms with van der Waals surface area (Å²) < 4.78 is 22.0. The number of benzene rings is 1. The average Bonchev–Trinajstić information content (AvgIpc) is 3.06. The fourth-order valence-electron chi connectivity index (χ4n) is 3.95. The second-order valence-corrected chi connectivity index (χ2v) is 8.21. The van der Waals surface area contributed by atoms with Gasteiger partial charge >= 0.3 is 0 Å². The van der Waals surface area contributed by atoms with Crippen LogP contribution in [-0.2, 0) is 29.4 Å². The van der Waals surface area contributed by atoms with E-state index in [1.165, 1.54) is 7.05 Å². The molecular formula is C20H22BrFN4O3. The number of carbonyl (C=O) groups excluding carboxylic acids is 1. The lowest BCUT2D eigenvalue weighted by Gasteiger charge is -2.28. The summed E-state index contributed by atoms with van der Waals surface area (Å²) in [4.78, 5) is 33.4. The van der Waals surface area contributed by atoms with Crippen molar-refractivity contribution in [1.82, 2.24) is 9.55 Å². The summed E-state index contributed by atoms with van der Waals surface area (Å²) in [6, 6.07) is 5.76. The molecule has 1 fully saturated rings. The molecule has 0 saturated carbocycles. The number of nitrogens with zero attached hydrogens (tertiary/aromatic N) is 4. The van der Waals surface area contributed by atoms with Crippen LogP contribution < -0.4 is 15.4 Å². The van der Waals surface area contributed by atoms with Gasteiger partial charge in [0.1, 0.15) is 5.82 Å². The zero-order valence-electron chi connectivity index (χ0n) is 16.3. The lowest BCUT2D eigenvalue weighted by molar-refractivity contribution is -0.118. The van der Waals surface area contributed by atoms with Crippen LogP contribution in [0.4, 0.5) is 15.9 Å². The van der Waals surface area contributed by atoms with Crippen LogP contribution in [0.1, 0.15) is 18.3 Å². The molecule has 0 spiro atoms. The van der Waals surface area contributed by atoms with E-state index in [-0.39, 0.29) is 30.0 Å². The summed E-state index contributed by atoms with van der Waals surface area (Å²) in [5.41, 5.74) is 1.17. The SMILES string of the molecule is C[C@@H]1Cc2c(Br)cccc2N1C(=O)Cc1nc(N2CCOCC2)c(F)c(=O)n1C. The van der Waals surface area contributed by atoms with Crippen LogP contribution in [0.3, 0.4) is 0 Å². The Balaban J connectivity index is 1.66. The Hall–Kier alpha value is -2.26. The molecule has 1 aromatic carbocycles. The van der Waals surface area contributed by atoms with Crippen LogP contribution in [0.5, 0.6) is 0 Å². The molecule has 0 bridgehead atoms. The van der Waals surface area contributed by atoms with Gasteiger partial charge in [0.15, 0.2) is 5.82 Å². The molecule has 2 aliphatic heterocycles. The van der Waals surface area contributed by atoms with Crippen molar-refractivity contribution in [3.8, 4) is 0 Å². The number of carbonyl (C=O) groups is 1. The molecule has 1 amide bonds. The third kappa shape index (κ3) is 3.57. The first-order chi connectivity index (χ1) is 13.9. The molecule has 0 radical (unpaired) electrons. The van der Waals surface area contributed by atoms with E-state index in [9.17, 15) is 14.0 Å². The van der Waals surface area contributed by atoms with E-state index in [1.807, 2.05) is 25.1 Å². The largest absolute Gasteiger partial charge is 0.378 e. The molecule has 1 aromatic heterocycles. The summed E-state index contributed by atoms with van der Waals surface area (Å²) in [6.07, 6.45) is 0.664. The summed E-state index contributed by atoms with van der Waals surface area (Å²) >= 11 is 3.55. The molecule has 0 unspecified atom stereocenters. The number of hydrogen-bond donors (Lipinski definition) is 0. The minimum atomic E-state index is -0.894. The first-order valence-electron chi connectivity index (χ1n) is 9.56. The molecule has 2 aliphatic rings. The number of amides is 1. The molecule has 1 atom stereocenters. The molecule has 3 heterocycles. The summed E-state index contributed by atoms with van der Waals surface area (Å²) in [5, 5.41) is 0. The van der Waals surface area contributed by atoms with Gasteiger partial charge < -0.3 is 14.5 Å². The van der Waals surface area contributed by atoms with Gasteiger partial charge in [-0.2, -0.15) is 4.39 Å². The molecular weight excluding hydrogens is 443 g/mol. The standard InChI is InChI=1S/C20H22BrFN4O3/c1-12-10-13-14(21)4-3-5-15(13)26(12)17(27)11-16-23-19(18(22)20(28)24(16)2)25-6-8-29-9-7-25/h3-5,12H,6-11H2,1-2H3/t12-/m1/s1. The normalized spacial score (nSPS) is 18.8. The highest BCUT2D eigenvalue weighted by Crippen LogP contribution is 2.37. The molecule has 7 nitrogen and oxygen atoms in total. The predicted octanol–water partition coefficient (Wildman–Crippen LogP) is 2.04. The van der Waals surface area contributed by atoms with Crippen LogP contribution in [-0.4, -0.2) is 47.8 Å². The highest BCUT2D eigenvalue weighted by atomic mass is 79.9. The number of hydrogen-bond acceptors (Lipinski definition) is 5. The molecule has 2 aromatic rings. The van der Waals surface area contributed by atoms with Gasteiger partial charge in [-0.1, -0.05) is 22.0 Å². The van der Waals surface area contributed by atoms with Crippen molar-refractivity contribution in [2.75, 3.05) is 36.1 Å². The number of halogens is 2. The smallest absolute Gasteiger partial charge is 0.291 e. The maximum Gasteiger partial charge on any atom is 0.291 e. The first kappa shape index (κ1) is 20.0. The fourth-order valence-corrected chi connectivity index (χ4v) is 4.47. The highest BCUT2D eigenvalue weighted by molar-refractivity contribution is 9.10. The topological polar surface area (TPSA) is 67.7 Å². The predicted molar refractivity (Wildman–Crippen MR) is 111 cm³/mol. The van der Waals surface area contributed by atoms with Gasteiger partial charge in [-0.3, -0.25) is 14.2 Å². The van der Waals surface area contributed by atoms with Crippen molar-refractivity contribution in [2.45, 2.75) is 25.8 Å². The Morgan fingerprint density at radius 1 is 1.34 bits per heavy atom. The van der Waals surface area contributed by atoms with Crippen molar-refractivity contribution in [1.29, 1.82) is 0 Å².